The van der Waals surface area contributed by atoms with E-state index in [-0.39, 0.29) is 17.5 Å². The average molecular weight is 347 g/mol. The Morgan fingerprint density at radius 1 is 1.21 bits per heavy atom. The normalized spacial score (nSPS) is 19.8. The molecule has 0 radical (unpaired) electrons. The number of sulfonamides is 1. The standard InChI is InChI=1S/C18H18FNO3S/c1-2-17(21)12-6-8-15(9-7-12)20-24(22,23)18-11-16(18)13-4-3-5-14(19)10-13/h3-10,16,18,20H,2,11H2,1H3. The van der Waals surface area contributed by atoms with Crippen molar-refractivity contribution in [2.45, 2.75) is 30.9 Å². The van der Waals surface area contributed by atoms with E-state index in [0.717, 1.165) is 0 Å². The van der Waals surface area contributed by atoms with E-state index in [0.29, 0.717) is 29.7 Å². The molecule has 0 amide bonds. The minimum atomic E-state index is -3.55. The lowest BCUT2D eigenvalue weighted by molar-refractivity contribution is 0.0988. The van der Waals surface area contributed by atoms with E-state index in [4.69, 9.17) is 0 Å². The molecule has 2 atom stereocenters. The molecule has 0 aliphatic heterocycles. The van der Waals surface area contributed by atoms with Crippen molar-refractivity contribution in [2.24, 2.45) is 0 Å². The van der Waals surface area contributed by atoms with E-state index in [1.807, 2.05) is 0 Å². The van der Waals surface area contributed by atoms with Gasteiger partial charge in [-0.15, -0.1) is 0 Å². The van der Waals surface area contributed by atoms with Gasteiger partial charge < -0.3 is 0 Å². The second-order valence-electron chi connectivity index (χ2n) is 5.94. The van der Waals surface area contributed by atoms with Crippen LogP contribution >= 0.6 is 0 Å². The Kier molecular flexibility index (Phi) is 4.41. The lowest BCUT2D eigenvalue weighted by atomic mass is 10.1. The number of nitrogens with one attached hydrogen (secondary N) is 1. The van der Waals surface area contributed by atoms with E-state index in [1.165, 1.54) is 12.1 Å². The zero-order valence-corrected chi connectivity index (χ0v) is 14.0. The van der Waals surface area contributed by atoms with Gasteiger partial charge in [0, 0.05) is 23.6 Å². The monoisotopic (exact) mass is 347 g/mol. The quantitative estimate of drug-likeness (QED) is 0.810. The Hall–Kier alpha value is -2.21. The molecule has 1 aliphatic carbocycles. The van der Waals surface area contributed by atoms with Crippen molar-refractivity contribution >= 4 is 21.5 Å². The van der Waals surface area contributed by atoms with Crippen molar-refractivity contribution in [3.05, 3.63) is 65.5 Å². The highest BCUT2D eigenvalue weighted by Gasteiger charge is 2.48. The molecule has 2 aromatic rings. The Labute approximate surface area is 140 Å². The van der Waals surface area contributed by atoms with Gasteiger partial charge in [0.05, 0.1) is 5.25 Å². The average Bonchev–Trinajstić information content (AvgIpc) is 3.36. The van der Waals surface area contributed by atoms with Crippen LogP contribution in [0, 0.1) is 5.82 Å². The van der Waals surface area contributed by atoms with Gasteiger partial charge in [-0.3, -0.25) is 9.52 Å². The maximum absolute atomic E-state index is 13.3. The van der Waals surface area contributed by atoms with Crippen LogP contribution in [0.25, 0.3) is 0 Å². The fourth-order valence-electron chi connectivity index (χ4n) is 2.77. The van der Waals surface area contributed by atoms with Gasteiger partial charge in [-0.25, -0.2) is 12.8 Å². The molecule has 1 N–H and O–H groups in total. The summed E-state index contributed by atoms with van der Waals surface area (Å²) in [6.45, 7) is 1.78. The summed E-state index contributed by atoms with van der Waals surface area (Å²) in [7, 11) is -3.55. The first-order valence-electron chi connectivity index (χ1n) is 7.81. The molecule has 0 spiro atoms. The first-order valence-corrected chi connectivity index (χ1v) is 9.35. The number of carbonyl (C=O) groups excluding carboxylic acids is 1. The van der Waals surface area contributed by atoms with Gasteiger partial charge in [0.15, 0.2) is 5.78 Å². The van der Waals surface area contributed by atoms with Gasteiger partial charge in [0.25, 0.3) is 0 Å². The molecular weight excluding hydrogens is 329 g/mol. The van der Waals surface area contributed by atoms with Gasteiger partial charge in [0.1, 0.15) is 5.82 Å². The zero-order chi connectivity index (χ0) is 17.3. The summed E-state index contributed by atoms with van der Waals surface area (Å²) in [5.41, 5.74) is 1.69. The zero-order valence-electron chi connectivity index (χ0n) is 13.2. The number of halogens is 1. The molecule has 2 aromatic carbocycles. The Morgan fingerprint density at radius 3 is 2.54 bits per heavy atom. The van der Waals surface area contributed by atoms with Crippen molar-refractivity contribution < 1.29 is 17.6 Å². The van der Waals surface area contributed by atoms with E-state index in [2.05, 4.69) is 4.72 Å². The molecule has 126 valence electrons. The molecule has 0 bridgehead atoms. The van der Waals surface area contributed by atoms with Crippen LogP contribution in [0.2, 0.25) is 0 Å². The number of hydrogen-bond acceptors (Lipinski definition) is 3. The van der Waals surface area contributed by atoms with E-state index < -0.39 is 15.3 Å². The molecule has 3 rings (SSSR count). The Balaban J connectivity index is 1.70. The second kappa shape index (κ2) is 6.36. The van der Waals surface area contributed by atoms with E-state index >= 15 is 0 Å². The van der Waals surface area contributed by atoms with Crippen molar-refractivity contribution in [3.63, 3.8) is 0 Å². The molecule has 1 aliphatic rings. The number of Topliss-reactive ketones (excluding diaryl/α,β-unsaturated/α-hetero) is 1. The van der Waals surface area contributed by atoms with Crippen LogP contribution in [0.1, 0.15) is 41.6 Å². The van der Waals surface area contributed by atoms with Crippen LogP contribution in [0.15, 0.2) is 48.5 Å². The lowest BCUT2D eigenvalue weighted by Gasteiger charge is -2.08. The molecule has 6 heteroatoms. The Bertz CT molecular complexity index is 862. The minimum absolute atomic E-state index is 0.0118. The van der Waals surface area contributed by atoms with Gasteiger partial charge >= 0.3 is 0 Å². The summed E-state index contributed by atoms with van der Waals surface area (Å²) < 4.78 is 40.7. The van der Waals surface area contributed by atoms with Crippen LogP contribution in [0.5, 0.6) is 0 Å². The Morgan fingerprint density at radius 2 is 1.92 bits per heavy atom. The molecule has 0 aromatic heterocycles. The molecule has 2 unspecified atom stereocenters. The summed E-state index contributed by atoms with van der Waals surface area (Å²) in [6.07, 6.45) is 0.883. The predicted octanol–water partition coefficient (Wildman–Crippen LogP) is 3.72. The highest BCUT2D eigenvalue weighted by Crippen LogP contribution is 2.46. The first-order chi connectivity index (χ1) is 11.4. The van der Waals surface area contributed by atoms with Crippen LogP contribution in [-0.4, -0.2) is 19.5 Å². The van der Waals surface area contributed by atoms with Crippen molar-refractivity contribution in [1.29, 1.82) is 0 Å². The summed E-state index contributed by atoms with van der Waals surface area (Å²) in [5.74, 6) is -0.531. The van der Waals surface area contributed by atoms with Crippen molar-refractivity contribution in [1.82, 2.24) is 0 Å². The molecule has 1 fully saturated rings. The molecule has 4 nitrogen and oxygen atoms in total. The molecule has 0 heterocycles. The van der Waals surface area contributed by atoms with Crippen LogP contribution in [-0.2, 0) is 10.0 Å². The third-order valence-corrected chi connectivity index (χ3v) is 6.03. The first kappa shape index (κ1) is 16.6. The largest absolute Gasteiger partial charge is 0.294 e. The molecular formula is C18H18FNO3S. The van der Waals surface area contributed by atoms with E-state index in [9.17, 15) is 17.6 Å². The number of benzene rings is 2. The number of carbonyl (C=O) groups is 1. The van der Waals surface area contributed by atoms with Gasteiger partial charge in [-0.2, -0.15) is 0 Å². The summed E-state index contributed by atoms with van der Waals surface area (Å²) in [4.78, 5) is 11.6. The van der Waals surface area contributed by atoms with Crippen molar-refractivity contribution in [3.8, 4) is 0 Å². The van der Waals surface area contributed by atoms with E-state index in [1.54, 1.807) is 43.3 Å². The number of rotatable bonds is 6. The van der Waals surface area contributed by atoms with Gasteiger partial charge in [-0.05, 0) is 48.4 Å². The lowest BCUT2D eigenvalue weighted by Crippen LogP contribution is -2.18. The summed E-state index contributed by atoms with van der Waals surface area (Å²) in [6, 6.07) is 12.4. The number of ketones is 1. The predicted molar refractivity (Wildman–Crippen MR) is 91.2 cm³/mol. The third-order valence-electron chi connectivity index (χ3n) is 4.20. The third kappa shape index (κ3) is 3.48. The second-order valence-corrected chi connectivity index (χ2v) is 7.84. The highest BCUT2D eigenvalue weighted by atomic mass is 32.2. The van der Waals surface area contributed by atoms with Crippen molar-refractivity contribution in [2.75, 3.05) is 4.72 Å². The summed E-state index contributed by atoms with van der Waals surface area (Å²) >= 11 is 0. The molecule has 0 saturated heterocycles. The molecule has 24 heavy (non-hydrogen) atoms. The number of anilines is 1. The summed E-state index contributed by atoms with van der Waals surface area (Å²) in [5, 5.41) is -0.559. The maximum Gasteiger partial charge on any atom is 0.236 e. The van der Waals surface area contributed by atoms with Crippen LogP contribution in [0.4, 0.5) is 10.1 Å². The maximum atomic E-state index is 13.3. The smallest absolute Gasteiger partial charge is 0.236 e. The van der Waals surface area contributed by atoms with Gasteiger partial charge in [0.2, 0.25) is 10.0 Å². The molecule has 1 saturated carbocycles. The van der Waals surface area contributed by atoms with Crippen LogP contribution < -0.4 is 4.72 Å². The highest BCUT2D eigenvalue weighted by molar-refractivity contribution is 7.93. The SMILES string of the molecule is CCC(=O)c1ccc(NS(=O)(=O)C2CC2c2cccc(F)c2)cc1. The fourth-order valence-corrected chi connectivity index (χ4v) is 4.44. The number of hydrogen-bond donors (Lipinski definition) is 1. The van der Waals surface area contributed by atoms with Gasteiger partial charge in [-0.1, -0.05) is 19.1 Å². The minimum Gasteiger partial charge on any atom is -0.294 e. The van der Waals surface area contributed by atoms with Crippen LogP contribution in [0.3, 0.4) is 0 Å². The topological polar surface area (TPSA) is 63.2 Å². The fraction of sp³-hybridized carbons (Fsp3) is 0.278.